The van der Waals surface area contributed by atoms with E-state index in [9.17, 15) is 26.6 Å². The number of sulfone groups is 1. The second-order valence-electron chi connectivity index (χ2n) is 19.0. The Hall–Kier alpha value is -4.08. The Morgan fingerprint density at radius 3 is 1.96 bits per heavy atom. The predicted octanol–water partition coefficient (Wildman–Crippen LogP) is 4.51. The zero-order valence-electron chi connectivity index (χ0n) is 38.7. The minimum atomic E-state index is -3.55. The molecular weight excluding hydrogens is 933 g/mol. The van der Waals surface area contributed by atoms with Crippen LogP contribution in [0.1, 0.15) is 76.8 Å². The molecule has 2 aromatic heterocycles. The van der Waals surface area contributed by atoms with Crippen molar-refractivity contribution in [3.05, 3.63) is 71.0 Å². The van der Waals surface area contributed by atoms with Gasteiger partial charge in [-0.3, -0.25) is 37.9 Å². The summed E-state index contributed by atoms with van der Waals surface area (Å²) in [6, 6.07) is 15.0. The summed E-state index contributed by atoms with van der Waals surface area (Å²) in [7, 11) is -4.76. The lowest BCUT2D eigenvalue weighted by atomic mass is 9.93. The molecule has 0 radical (unpaired) electrons. The first-order valence-electron chi connectivity index (χ1n) is 24.1. The molecule has 16 nitrogen and oxygen atoms in total. The summed E-state index contributed by atoms with van der Waals surface area (Å²) in [4.78, 5) is 38.5. The lowest BCUT2D eigenvalue weighted by Crippen LogP contribution is -2.60. The van der Waals surface area contributed by atoms with Gasteiger partial charge in [0, 0.05) is 112 Å². The van der Waals surface area contributed by atoms with E-state index in [1.165, 1.54) is 0 Å². The van der Waals surface area contributed by atoms with E-state index in [-0.39, 0.29) is 35.3 Å². The van der Waals surface area contributed by atoms with Gasteiger partial charge in [0.1, 0.15) is 5.67 Å². The molecule has 9 heterocycles. The van der Waals surface area contributed by atoms with Crippen LogP contribution < -0.4 is 0 Å². The van der Waals surface area contributed by atoms with Crippen molar-refractivity contribution in [3.8, 4) is 22.5 Å². The number of hydrogen-bond acceptors (Lipinski definition) is 12. The van der Waals surface area contributed by atoms with Crippen LogP contribution in [0.25, 0.3) is 22.5 Å². The summed E-state index contributed by atoms with van der Waals surface area (Å²) < 4.78 is 68.4. The molecule has 0 N–H and O–H groups in total. The number of carbonyl (C=O) groups is 2. The second-order valence-corrected chi connectivity index (χ2v) is 22.8. The fourth-order valence-corrected chi connectivity index (χ4v) is 14.1. The molecular formula is C48H61ClFN9O7S2. The summed E-state index contributed by atoms with van der Waals surface area (Å²) in [6.45, 7) is 13.2. The van der Waals surface area contributed by atoms with Crippen molar-refractivity contribution in [2.45, 2.75) is 71.7 Å². The number of hydrogen-bond donors (Lipinski definition) is 0. The van der Waals surface area contributed by atoms with Gasteiger partial charge in [0.25, 0.3) is 11.8 Å². The molecule has 7 aliphatic heterocycles. The van der Waals surface area contributed by atoms with Gasteiger partial charge in [-0.2, -0.15) is 10.2 Å². The van der Waals surface area contributed by atoms with E-state index in [2.05, 4.69) is 19.4 Å². The quantitative estimate of drug-likeness (QED) is 0.206. The molecule has 0 spiro atoms. The van der Waals surface area contributed by atoms with Gasteiger partial charge in [0.2, 0.25) is 0 Å². The fraction of sp³-hybridized carbons (Fsp3) is 0.583. The fourth-order valence-electron chi connectivity index (χ4n) is 10.9. The van der Waals surface area contributed by atoms with E-state index in [0.717, 1.165) is 92.5 Å². The molecule has 0 saturated carbocycles. The number of fused-ring (bicyclic) bond motifs is 6. The van der Waals surface area contributed by atoms with Crippen LogP contribution >= 0.6 is 11.6 Å². The third-order valence-corrected chi connectivity index (χ3v) is 18.0. The summed E-state index contributed by atoms with van der Waals surface area (Å²) >= 11 is 5.93. The molecule has 7 aliphatic rings. The SMILES string of the molecule is CCC1(F)CN(CCN2CCCC(n3nc(C(=O)N4CCOCC4)c4c3-c3ccccc3S(=O)C4)C2)C1.O=C(c1nn(C2CCN(CCCl)C2)c2c1CS(=O)(=O)c1ccccc1-2)N1CCOCC1. The number of aromatic nitrogens is 4. The molecule has 4 aromatic rings. The lowest BCUT2D eigenvalue weighted by molar-refractivity contribution is -0.0392. The monoisotopic (exact) mass is 993 g/mol. The molecule has 366 valence electrons. The highest BCUT2D eigenvalue weighted by atomic mass is 35.5. The molecule has 3 unspecified atom stereocenters. The Balaban J connectivity index is 0.000000161. The topological polar surface area (TPSA) is 156 Å². The molecule has 20 heteroatoms. The van der Waals surface area contributed by atoms with Crippen LogP contribution in [-0.4, -0.2) is 192 Å². The van der Waals surface area contributed by atoms with Crippen LogP contribution in [0.4, 0.5) is 4.39 Å². The Kier molecular flexibility index (Phi) is 14.0. The van der Waals surface area contributed by atoms with Crippen LogP contribution in [0, 0.1) is 0 Å². The first-order valence-corrected chi connectivity index (χ1v) is 27.6. The third-order valence-electron chi connectivity index (χ3n) is 14.7. The van der Waals surface area contributed by atoms with Gasteiger partial charge in [0.15, 0.2) is 21.2 Å². The Morgan fingerprint density at radius 2 is 1.31 bits per heavy atom. The van der Waals surface area contributed by atoms with Crippen molar-refractivity contribution in [1.29, 1.82) is 0 Å². The van der Waals surface area contributed by atoms with Crippen molar-refractivity contribution in [2.24, 2.45) is 0 Å². The first kappa shape index (κ1) is 47.6. The maximum absolute atomic E-state index is 14.3. The zero-order chi connectivity index (χ0) is 47.2. The van der Waals surface area contributed by atoms with Crippen molar-refractivity contribution in [2.75, 3.05) is 117 Å². The minimum absolute atomic E-state index is 0.0667. The van der Waals surface area contributed by atoms with Crippen LogP contribution in [0.2, 0.25) is 0 Å². The van der Waals surface area contributed by atoms with Gasteiger partial charge in [-0.15, -0.1) is 11.6 Å². The molecule has 11 rings (SSSR count). The molecule has 0 bridgehead atoms. The van der Waals surface area contributed by atoms with E-state index in [1.807, 2.05) is 48.0 Å². The highest BCUT2D eigenvalue weighted by Crippen LogP contribution is 2.43. The molecule has 2 amide bonds. The molecule has 5 fully saturated rings. The number of alkyl halides is 2. The summed E-state index contributed by atoms with van der Waals surface area (Å²) in [5.41, 5.74) is 4.29. The number of morpholine rings is 2. The van der Waals surface area contributed by atoms with Gasteiger partial charge in [-0.05, 0) is 44.4 Å². The standard InChI is InChI=1S/C27H36FN5O3S.C21H25ClN4O4S/c1-2-27(28)18-31(19-27)11-10-30-9-5-6-20(16-30)33-25-21-7-3-4-8-23(21)37(35)17-22(25)24(29-33)26(34)32-12-14-36-15-13-32;22-6-8-24-7-5-15(13-24)26-20-16-3-1-2-4-18(16)31(28,29)14-17(20)19(23-26)21(27)25-9-11-30-12-10-25/h3-4,7-8,20H,2,5-6,9-19H2,1H3;1-4,15H,5-14H2. The van der Waals surface area contributed by atoms with Gasteiger partial charge < -0.3 is 19.3 Å². The zero-order valence-corrected chi connectivity index (χ0v) is 41.1. The van der Waals surface area contributed by atoms with E-state index in [4.69, 9.17) is 31.3 Å². The Labute approximate surface area is 405 Å². The first-order chi connectivity index (χ1) is 32.9. The largest absolute Gasteiger partial charge is 0.378 e. The van der Waals surface area contributed by atoms with Gasteiger partial charge in [0.05, 0.1) is 77.1 Å². The van der Waals surface area contributed by atoms with Crippen molar-refractivity contribution >= 4 is 44.1 Å². The maximum Gasteiger partial charge on any atom is 0.274 e. The number of halogens is 2. The van der Waals surface area contributed by atoms with E-state index in [1.54, 1.807) is 21.9 Å². The summed E-state index contributed by atoms with van der Waals surface area (Å²) in [6.07, 6.45) is 3.48. The molecule has 3 atom stereocenters. The number of likely N-dealkylation sites (tertiary alicyclic amines) is 3. The van der Waals surface area contributed by atoms with Gasteiger partial charge in [-0.1, -0.05) is 43.3 Å². The molecule has 68 heavy (non-hydrogen) atoms. The lowest BCUT2D eigenvalue weighted by Gasteiger charge is -2.45. The Bertz CT molecular complexity index is 2660. The summed E-state index contributed by atoms with van der Waals surface area (Å²) in [5, 5.41) is 9.74. The number of amides is 2. The predicted molar refractivity (Wildman–Crippen MR) is 256 cm³/mol. The maximum atomic E-state index is 14.3. The van der Waals surface area contributed by atoms with Crippen molar-refractivity contribution in [3.63, 3.8) is 0 Å². The van der Waals surface area contributed by atoms with E-state index >= 15 is 0 Å². The molecule has 2 aromatic carbocycles. The smallest absolute Gasteiger partial charge is 0.274 e. The number of rotatable bonds is 10. The summed E-state index contributed by atoms with van der Waals surface area (Å²) in [5.74, 6) is 0.356. The van der Waals surface area contributed by atoms with Crippen molar-refractivity contribution < 1.29 is 36.1 Å². The highest BCUT2D eigenvalue weighted by molar-refractivity contribution is 7.91. The number of carbonyl (C=O) groups excluding carboxylic acids is 2. The van der Waals surface area contributed by atoms with Crippen LogP contribution in [0.15, 0.2) is 58.3 Å². The van der Waals surface area contributed by atoms with Crippen molar-refractivity contribution in [1.82, 2.24) is 44.1 Å². The minimum Gasteiger partial charge on any atom is -0.378 e. The third kappa shape index (κ3) is 9.33. The number of nitrogens with zero attached hydrogens (tertiary/aromatic N) is 9. The van der Waals surface area contributed by atoms with Crippen LogP contribution in [0.5, 0.6) is 0 Å². The van der Waals surface area contributed by atoms with Gasteiger partial charge >= 0.3 is 0 Å². The van der Waals surface area contributed by atoms with Gasteiger partial charge in [-0.25, -0.2) is 12.8 Å². The molecule has 5 saturated heterocycles. The molecule has 0 aliphatic carbocycles. The normalized spacial score (nSPS) is 24.5. The van der Waals surface area contributed by atoms with E-state index < -0.39 is 26.3 Å². The van der Waals surface area contributed by atoms with Crippen LogP contribution in [-0.2, 0) is 41.6 Å². The average Bonchev–Trinajstić information content (AvgIpc) is 4.09. The number of ether oxygens (including phenoxy) is 2. The average molecular weight is 995 g/mol. The number of benzene rings is 2. The van der Waals surface area contributed by atoms with E-state index in [0.29, 0.717) is 105 Å². The van der Waals surface area contributed by atoms with Crippen LogP contribution in [0.3, 0.4) is 0 Å². The second kappa shape index (κ2) is 20.0. The Morgan fingerprint density at radius 1 is 0.750 bits per heavy atom. The number of piperidine rings is 1. The highest BCUT2D eigenvalue weighted by Gasteiger charge is 2.43.